The van der Waals surface area contributed by atoms with Crippen molar-refractivity contribution in [1.82, 2.24) is 5.32 Å². The first-order chi connectivity index (χ1) is 8.24. The van der Waals surface area contributed by atoms with Gasteiger partial charge in [-0.25, -0.2) is 9.18 Å². The average Bonchev–Trinajstić information content (AvgIpc) is 2.33. The highest BCUT2D eigenvalue weighted by molar-refractivity contribution is 5.89. The molecule has 0 aliphatic carbocycles. The highest BCUT2D eigenvalue weighted by Gasteiger charge is 2.06. The normalized spacial score (nSPS) is 10.2. The number of hydrogen-bond acceptors (Lipinski definition) is 3. The molecular weight excluding hydrogens is 221 g/mol. The van der Waals surface area contributed by atoms with E-state index in [1.807, 2.05) is 0 Å². The molecule has 0 aliphatic heterocycles. The maximum Gasteiger partial charge on any atom is 0.338 e. The van der Waals surface area contributed by atoms with Crippen molar-refractivity contribution in [3.05, 3.63) is 35.6 Å². The molecule has 0 aliphatic rings. The van der Waals surface area contributed by atoms with E-state index in [0.717, 1.165) is 25.9 Å². The molecule has 1 aromatic carbocycles. The second kappa shape index (κ2) is 7.79. The van der Waals surface area contributed by atoms with Crippen LogP contribution in [-0.4, -0.2) is 25.7 Å². The van der Waals surface area contributed by atoms with E-state index in [4.69, 9.17) is 4.74 Å². The number of esters is 1. The van der Waals surface area contributed by atoms with Gasteiger partial charge in [0, 0.05) is 0 Å². The Morgan fingerprint density at radius 2 is 2.24 bits per heavy atom. The lowest BCUT2D eigenvalue weighted by Gasteiger charge is -2.05. The van der Waals surface area contributed by atoms with E-state index in [9.17, 15) is 9.18 Å². The van der Waals surface area contributed by atoms with Crippen molar-refractivity contribution in [2.45, 2.75) is 19.8 Å². The fourth-order valence-electron chi connectivity index (χ4n) is 1.36. The van der Waals surface area contributed by atoms with Crippen LogP contribution >= 0.6 is 0 Å². The molecule has 0 saturated heterocycles. The van der Waals surface area contributed by atoms with Crippen LogP contribution in [-0.2, 0) is 4.74 Å². The summed E-state index contributed by atoms with van der Waals surface area (Å²) in [5.74, 6) is -0.899. The number of ether oxygens (including phenoxy) is 1. The maximum absolute atomic E-state index is 12.8. The van der Waals surface area contributed by atoms with Crippen LogP contribution in [0.25, 0.3) is 0 Å². The highest BCUT2D eigenvalue weighted by atomic mass is 19.1. The molecule has 1 aromatic rings. The number of nitrogens with one attached hydrogen (secondary N) is 1. The van der Waals surface area contributed by atoms with Crippen molar-refractivity contribution in [3.8, 4) is 0 Å². The molecule has 3 nitrogen and oxygen atoms in total. The molecule has 17 heavy (non-hydrogen) atoms. The molecule has 1 rings (SSSR count). The Hall–Kier alpha value is -1.42. The Kier molecular flexibility index (Phi) is 6.25. The summed E-state index contributed by atoms with van der Waals surface area (Å²) < 4.78 is 17.9. The Morgan fingerprint density at radius 3 is 2.94 bits per heavy atom. The van der Waals surface area contributed by atoms with E-state index in [0.29, 0.717) is 6.61 Å². The van der Waals surface area contributed by atoms with Gasteiger partial charge in [-0.15, -0.1) is 0 Å². The summed E-state index contributed by atoms with van der Waals surface area (Å²) in [5, 5.41) is 3.21. The standard InChI is InChI=1S/C13H18FNO2/c1-2-7-15-8-4-9-17-13(16)11-5-3-6-12(14)10-11/h3,5-6,10,15H,2,4,7-9H2,1H3. The second-order valence-corrected chi connectivity index (χ2v) is 3.75. The number of carbonyl (C=O) groups is 1. The maximum atomic E-state index is 12.8. The lowest BCUT2D eigenvalue weighted by atomic mass is 10.2. The van der Waals surface area contributed by atoms with Gasteiger partial charge in [-0.2, -0.15) is 0 Å². The van der Waals surface area contributed by atoms with Crippen molar-refractivity contribution >= 4 is 5.97 Å². The van der Waals surface area contributed by atoms with Crippen LogP contribution in [0.4, 0.5) is 4.39 Å². The fourth-order valence-corrected chi connectivity index (χ4v) is 1.36. The molecule has 94 valence electrons. The van der Waals surface area contributed by atoms with E-state index in [2.05, 4.69) is 12.2 Å². The van der Waals surface area contributed by atoms with Crippen molar-refractivity contribution in [3.63, 3.8) is 0 Å². The molecule has 0 heterocycles. The molecule has 0 atom stereocenters. The van der Waals surface area contributed by atoms with Gasteiger partial charge in [-0.1, -0.05) is 13.0 Å². The zero-order valence-corrected chi connectivity index (χ0v) is 10.0. The molecule has 1 N–H and O–H groups in total. The van der Waals surface area contributed by atoms with E-state index in [1.54, 1.807) is 6.07 Å². The lowest BCUT2D eigenvalue weighted by molar-refractivity contribution is 0.0500. The summed E-state index contributed by atoms with van der Waals surface area (Å²) in [4.78, 5) is 11.5. The second-order valence-electron chi connectivity index (χ2n) is 3.75. The molecule has 0 amide bonds. The zero-order valence-electron chi connectivity index (χ0n) is 10.0. The molecule has 0 aromatic heterocycles. The predicted octanol–water partition coefficient (Wildman–Crippen LogP) is 2.37. The first-order valence-electron chi connectivity index (χ1n) is 5.87. The highest BCUT2D eigenvalue weighted by Crippen LogP contribution is 2.05. The van der Waals surface area contributed by atoms with Crippen LogP contribution in [0.2, 0.25) is 0 Å². The van der Waals surface area contributed by atoms with Gasteiger partial charge in [0.2, 0.25) is 0 Å². The van der Waals surface area contributed by atoms with E-state index in [1.165, 1.54) is 18.2 Å². The summed E-state index contributed by atoms with van der Waals surface area (Å²) in [5.41, 5.74) is 0.256. The van der Waals surface area contributed by atoms with E-state index < -0.39 is 11.8 Å². The summed E-state index contributed by atoms with van der Waals surface area (Å²) in [6.07, 6.45) is 1.85. The monoisotopic (exact) mass is 239 g/mol. The quantitative estimate of drug-likeness (QED) is 0.586. The fraction of sp³-hybridized carbons (Fsp3) is 0.462. The molecule has 4 heteroatoms. The van der Waals surface area contributed by atoms with Crippen LogP contribution < -0.4 is 5.32 Å². The molecule has 0 radical (unpaired) electrons. The third-order valence-corrected chi connectivity index (χ3v) is 2.22. The van der Waals surface area contributed by atoms with Crippen LogP contribution in [0.3, 0.4) is 0 Å². The van der Waals surface area contributed by atoms with Crippen LogP contribution in [0.1, 0.15) is 30.1 Å². The van der Waals surface area contributed by atoms with Crippen LogP contribution in [0, 0.1) is 5.82 Å². The smallest absolute Gasteiger partial charge is 0.338 e. The third kappa shape index (κ3) is 5.45. The Morgan fingerprint density at radius 1 is 1.41 bits per heavy atom. The minimum Gasteiger partial charge on any atom is -0.462 e. The van der Waals surface area contributed by atoms with Crippen molar-refractivity contribution in [2.24, 2.45) is 0 Å². The van der Waals surface area contributed by atoms with Gasteiger partial charge >= 0.3 is 5.97 Å². The molecule has 0 bridgehead atoms. The molecule has 0 unspecified atom stereocenters. The number of rotatable bonds is 7. The number of benzene rings is 1. The van der Waals surface area contributed by atoms with Gasteiger partial charge in [-0.3, -0.25) is 0 Å². The van der Waals surface area contributed by atoms with Gasteiger partial charge in [0.1, 0.15) is 5.82 Å². The predicted molar refractivity (Wildman–Crippen MR) is 64.5 cm³/mol. The van der Waals surface area contributed by atoms with Gasteiger partial charge < -0.3 is 10.1 Å². The average molecular weight is 239 g/mol. The molecule has 0 fully saturated rings. The Labute approximate surface area is 101 Å². The van der Waals surface area contributed by atoms with Crippen LogP contribution in [0.15, 0.2) is 24.3 Å². The van der Waals surface area contributed by atoms with Crippen molar-refractivity contribution in [2.75, 3.05) is 19.7 Å². The topological polar surface area (TPSA) is 38.3 Å². The summed E-state index contributed by atoms with van der Waals surface area (Å²) in [6, 6.07) is 5.51. The first-order valence-corrected chi connectivity index (χ1v) is 5.87. The largest absolute Gasteiger partial charge is 0.462 e. The molecule has 0 spiro atoms. The van der Waals surface area contributed by atoms with Gasteiger partial charge in [0.05, 0.1) is 12.2 Å². The van der Waals surface area contributed by atoms with Crippen molar-refractivity contribution in [1.29, 1.82) is 0 Å². The summed E-state index contributed by atoms with van der Waals surface area (Å²) >= 11 is 0. The third-order valence-electron chi connectivity index (χ3n) is 2.22. The van der Waals surface area contributed by atoms with Crippen molar-refractivity contribution < 1.29 is 13.9 Å². The SMILES string of the molecule is CCCNCCCOC(=O)c1cccc(F)c1. The van der Waals surface area contributed by atoms with Gasteiger partial charge in [0.25, 0.3) is 0 Å². The molecular formula is C13H18FNO2. The number of halogens is 1. The number of carbonyl (C=O) groups excluding carboxylic acids is 1. The van der Waals surface area contributed by atoms with Gasteiger partial charge in [-0.05, 0) is 44.1 Å². The molecule has 0 saturated carbocycles. The number of hydrogen-bond donors (Lipinski definition) is 1. The lowest BCUT2D eigenvalue weighted by Crippen LogP contribution is -2.18. The van der Waals surface area contributed by atoms with E-state index in [-0.39, 0.29) is 5.56 Å². The van der Waals surface area contributed by atoms with Gasteiger partial charge in [0.15, 0.2) is 0 Å². The Balaban J connectivity index is 2.21. The minimum absolute atomic E-state index is 0.256. The first kappa shape index (κ1) is 13.6. The Bertz CT molecular complexity index is 355. The zero-order chi connectivity index (χ0) is 12.5. The summed E-state index contributed by atoms with van der Waals surface area (Å²) in [7, 11) is 0. The van der Waals surface area contributed by atoms with Crippen LogP contribution in [0.5, 0.6) is 0 Å². The minimum atomic E-state index is -0.472. The summed E-state index contributed by atoms with van der Waals surface area (Å²) in [6.45, 7) is 4.24. The van der Waals surface area contributed by atoms with E-state index >= 15 is 0 Å².